The van der Waals surface area contributed by atoms with Gasteiger partial charge in [0.15, 0.2) is 0 Å². The van der Waals surface area contributed by atoms with Crippen molar-refractivity contribution in [2.45, 2.75) is 39.7 Å². The van der Waals surface area contributed by atoms with Gasteiger partial charge in [0, 0.05) is 11.3 Å². The maximum absolute atomic E-state index is 11.5. The third kappa shape index (κ3) is 3.67. The Kier molecular flexibility index (Phi) is 4.82. The maximum Gasteiger partial charge on any atom is 0.220 e. The van der Waals surface area contributed by atoms with Crippen molar-refractivity contribution in [3.8, 4) is 0 Å². The van der Waals surface area contributed by atoms with Gasteiger partial charge in [0.2, 0.25) is 5.91 Å². The lowest BCUT2D eigenvalue weighted by atomic mass is 10.0. The van der Waals surface area contributed by atoms with Crippen LogP contribution in [0, 0.1) is 5.92 Å². The summed E-state index contributed by atoms with van der Waals surface area (Å²) in [4.78, 5) is 12.8. The Bertz CT molecular complexity index is 293. The number of rotatable bonds is 5. The molecule has 1 atom stereocenters. The molecule has 2 nitrogen and oxygen atoms in total. The fourth-order valence-electron chi connectivity index (χ4n) is 1.51. The number of carbonyl (C=O) groups excluding carboxylic acids is 1. The molecule has 1 rings (SSSR count). The van der Waals surface area contributed by atoms with Crippen LogP contribution < -0.4 is 5.32 Å². The van der Waals surface area contributed by atoms with Crippen LogP contribution >= 0.6 is 11.3 Å². The van der Waals surface area contributed by atoms with E-state index in [1.807, 2.05) is 13.0 Å². The Hall–Kier alpha value is -0.830. The Balaban J connectivity index is 2.64. The Morgan fingerprint density at radius 2 is 2.27 bits per heavy atom. The van der Waals surface area contributed by atoms with E-state index in [2.05, 4.69) is 30.6 Å². The SMILES string of the molecule is CCCC(=O)NC(c1cccs1)C(C)C. The molecule has 3 heteroatoms. The first-order valence-corrected chi connectivity index (χ1v) is 6.35. The highest BCUT2D eigenvalue weighted by atomic mass is 32.1. The molecule has 0 aromatic carbocycles. The van der Waals surface area contributed by atoms with Crippen LogP contribution in [-0.4, -0.2) is 5.91 Å². The predicted molar refractivity (Wildman–Crippen MR) is 64.9 cm³/mol. The molecule has 0 aliphatic carbocycles. The van der Waals surface area contributed by atoms with Crippen LogP contribution in [-0.2, 0) is 4.79 Å². The van der Waals surface area contributed by atoms with E-state index >= 15 is 0 Å². The molecule has 0 saturated carbocycles. The van der Waals surface area contributed by atoms with Crippen LogP contribution in [0.1, 0.15) is 44.5 Å². The first-order chi connectivity index (χ1) is 7.15. The van der Waals surface area contributed by atoms with Gasteiger partial charge in [-0.15, -0.1) is 11.3 Å². The first kappa shape index (κ1) is 12.2. The molecule has 0 radical (unpaired) electrons. The number of hydrogen-bond acceptors (Lipinski definition) is 2. The first-order valence-electron chi connectivity index (χ1n) is 5.48. The highest BCUT2D eigenvalue weighted by Crippen LogP contribution is 2.25. The number of carbonyl (C=O) groups is 1. The Labute approximate surface area is 95.7 Å². The zero-order valence-electron chi connectivity index (χ0n) is 9.62. The van der Waals surface area contributed by atoms with Crippen molar-refractivity contribution in [2.75, 3.05) is 0 Å². The Morgan fingerprint density at radius 3 is 2.73 bits per heavy atom. The van der Waals surface area contributed by atoms with E-state index < -0.39 is 0 Å². The summed E-state index contributed by atoms with van der Waals surface area (Å²) in [6.45, 7) is 6.29. The minimum absolute atomic E-state index is 0.157. The van der Waals surface area contributed by atoms with Crippen LogP contribution in [0.5, 0.6) is 0 Å². The number of hydrogen-bond donors (Lipinski definition) is 1. The molecule has 0 spiro atoms. The van der Waals surface area contributed by atoms with Crippen molar-refractivity contribution >= 4 is 17.2 Å². The van der Waals surface area contributed by atoms with Gasteiger partial charge in [0.1, 0.15) is 0 Å². The molecule has 1 unspecified atom stereocenters. The minimum Gasteiger partial charge on any atom is -0.348 e. The van der Waals surface area contributed by atoms with Crippen molar-refractivity contribution in [1.82, 2.24) is 5.32 Å². The topological polar surface area (TPSA) is 29.1 Å². The molecule has 84 valence electrons. The van der Waals surface area contributed by atoms with Crippen LogP contribution in [0.2, 0.25) is 0 Å². The predicted octanol–water partition coefficient (Wildman–Crippen LogP) is 3.36. The molecule has 1 amide bonds. The second-order valence-corrected chi connectivity index (χ2v) is 5.03. The van der Waals surface area contributed by atoms with Gasteiger partial charge >= 0.3 is 0 Å². The van der Waals surface area contributed by atoms with Gasteiger partial charge < -0.3 is 5.32 Å². The normalized spacial score (nSPS) is 12.8. The summed E-state index contributed by atoms with van der Waals surface area (Å²) in [5.74, 6) is 0.592. The average Bonchev–Trinajstić information content (AvgIpc) is 2.66. The molecule has 0 aliphatic heterocycles. The van der Waals surface area contributed by atoms with Gasteiger partial charge in [-0.1, -0.05) is 26.8 Å². The number of thiophene rings is 1. The molecule has 1 N–H and O–H groups in total. The van der Waals surface area contributed by atoms with E-state index in [1.165, 1.54) is 4.88 Å². The van der Waals surface area contributed by atoms with Crippen molar-refractivity contribution in [3.63, 3.8) is 0 Å². The summed E-state index contributed by atoms with van der Waals surface area (Å²) in [5, 5.41) is 5.14. The molecule has 0 fully saturated rings. The van der Waals surface area contributed by atoms with Crippen molar-refractivity contribution < 1.29 is 4.79 Å². The summed E-state index contributed by atoms with van der Waals surface area (Å²) in [6, 6.07) is 4.28. The van der Waals surface area contributed by atoms with E-state index in [1.54, 1.807) is 11.3 Å². The van der Waals surface area contributed by atoms with Crippen molar-refractivity contribution in [3.05, 3.63) is 22.4 Å². The zero-order valence-corrected chi connectivity index (χ0v) is 10.4. The van der Waals surface area contributed by atoms with E-state index in [0.717, 1.165) is 6.42 Å². The molecule has 0 aliphatic rings. The Morgan fingerprint density at radius 1 is 1.53 bits per heavy atom. The van der Waals surface area contributed by atoms with Gasteiger partial charge in [-0.2, -0.15) is 0 Å². The summed E-state index contributed by atoms with van der Waals surface area (Å²) in [7, 11) is 0. The standard InChI is InChI=1S/C12H19NOS/c1-4-6-11(14)13-12(9(2)3)10-7-5-8-15-10/h5,7-9,12H,4,6H2,1-3H3,(H,13,14). The second-order valence-electron chi connectivity index (χ2n) is 4.05. The molecule has 1 heterocycles. The van der Waals surface area contributed by atoms with Crippen LogP contribution in [0.4, 0.5) is 0 Å². The molecule has 1 aromatic rings. The van der Waals surface area contributed by atoms with Crippen molar-refractivity contribution in [1.29, 1.82) is 0 Å². The van der Waals surface area contributed by atoms with Crippen LogP contribution in [0.25, 0.3) is 0 Å². The third-order valence-electron chi connectivity index (χ3n) is 2.31. The lowest BCUT2D eigenvalue weighted by Crippen LogP contribution is -2.30. The lowest BCUT2D eigenvalue weighted by Gasteiger charge is -2.21. The summed E-state index contributed by atoms with van der Waals surface area (Å²) in [5.41, 5.74) is 0. The fourth-order valence-corrected chi connectivity index (χ4v) is 2.46. The largest absolute Gasteiger partial charge is 0.348 e. The second kappa shape index (κ2) is 5.91. The molecular weight excluding hydrogens is 206 g/mol. The lowest BCUT2D eigenvalue weighted by molar-refractivity contribution is -0.122. The van der Waals surface area contributed by atoms with Crippen LogP contribution in [0.15, 0.2) is 17.5 Å². The number of nitrogens with one attached hydrogen (secondary N) is 1. The van der Waals surface area contributed by atoms with Crippen LogP contribution in [0.3, 0.4) is 0 Å². The van der Waals surface area contributed by atoms with E-state index in [4.69, 9.17) is 0 Å². The summed E-state index contributed by atoms with van der Waals surface area (Å²) < 4.78 is 0. The molecular formula is C12H19NOS. The van der Waals surface area contributed by atoms with Gasteiger partial charge in [-0.25, -0.2) is 0 Å². The molecule has 1 aromatic heterocycles. The molecule has 0 saturated heterocycles. The highest BCUT2D eigenvalue weighted by Gasteiger charge is 2.18. The highest BCUT2D eigenvalue weighted by molar-refractivity contribution is 7.10. The monoisotopic (exact) mass is 225 g/mol. The smallest absolute Gasteiger partial charge is 0.220 e. The van der Waals surface area contributed by atoms with E-state index in [0.29, 0.717) is 12.3 Å². The maximum atomic E-state index is 11.5. The van der Waals surface area contributed by atoms with Gasteiger partial charge in [0.25, 0.3) is 0 Å². The third-order valence-corrected chi connectivity index (χ3v) is 3.27. The summed E-state index contributed by atoms with van der Waals surface area (Å²) >= 11 is 1.70. The molecule has 15 heavy (non-hydrogen) atoms. The zero-order chi connectivity index (χ0) is 11.3. The summed E-state index contributed by atoms with van der Waals surface area (Å²) in [6.07, 6.45) is 1.52. The molecule has 0 bridgehead atoms. The fraction of sp³-hybridized carbons (Fsp3) is 0.583. The average molecular weight is 225 g/mol. The number of amides is 1. The van der Waals surface area contributed by atoms with Gasteiger partial charge in [0.05, 0.1) is 6.04 Å². The van der Waals surface area contributed by atoms with E-state index in [-0.39, 0.29) is 11.9 Å². The van der Waals surface area contributed by atoms with Crippen molar-refractivity contribution in [2.24, 2.45) is 5.92 Å². The quantitative estimate of drug-likeness (QED) is 0.818. The minimum atomic E-state index is 0.157. The van der Waals surface area contributed by atoms with Gasteiger partial charge in [-0.3, -0.25) is 4.79 Å². The van der Waals surface area contributed by atoms with E-state index in [9.17, 15) is 4.79 Å². The van der Waals surface area contributed by atoms with Gasteiger partial charge in [-0.05, 0) is 23.8 Å².